The molecule has 40 heavy (non-hydrogen) atoms. The van der Waals surface area contributed by atoms with Crippen molar-refractivity contribution < 1.29 is 0 Å². The number of hydrogen-bond acceptors (Lipinski definition) is 2. The second-order valence-electron chi connectivity index (χ2n) is 10.4. The van der Waals surface area contributed by atoms with Crippen LogP contribution in [0.15, 0.2) is 134 Å². The molecular formula is C38H28N2. The summed E-state index contributed by atoms with van der Waals surface area (Å²) in [6.45, 7) is 4.30. The third kappa shape index (κ3) is 4.15. The van der Waals surface area contributed by atoms with Crippen molar-refractivity contribution in [1.82, 2.24) is 9.97 Å². The molecule has 0 N–H and O–H groups in total. The van der Waals surface area contributed by atoms with Gasteiger partial charge in [-0.2, -0.15) is 0 Å². The lowest BCUT2D eigenvalue weighted by atomic mass is 9.84. The number of pyridine rings is 2. The smallest absolute Gasteiger partial charge is 0.0346 e. The van der Waals surface area contributed by atoms with Crippen molar-refractivity contribution in [3.05, 3.63) is 145 Å². The van der Waals surface area contributed by atoms with Crippen molar-refractivity contribution in [2.45, 2.75) is 13.8 Å². The number of aryl methyl sites for hydroxylation is 2. The van der Waals surface area contributed by atoms with E-state index in [1.807, 2.05) is 30.9 Å². The molecule has 0 fully saturated rings. The molecule has 7 rings (SSSR count). The highest BCUT2D eigenvalue weighted by Crippen LogP contribution is 2.45. The van der Waals surface area contributed by atoms with Gasteiger partial charge >= 0.3 is 0 Å². The summed E-state index contributed by atoms with van der Waals surface area (Å²) < 4.78 is 0. The van der Waals surface area contributed by atoms with Crippen LogP contribution in [0.5, 0.6) is 0 Å². The van der Waals surface area contributed by atoms with Gasteiger partial charge in [0.1, 0.15) is 0 Å². The quantitative estimate of drug-likeness (QED) is 0.219. The highest BCUT2D eigenvalue weighted by atomic mass is 14.6. The number of hydrogen-bond donors (Lipinski definition) is 0. The molecule has 0 saturated carbocycles. The fourth-order valence-electron chi connectivity index (χ4n) is 5.93. The zero-order valence-corrected chi connectivity index (χ0v) is 22.6. The van der Waals surface area contributed by atoms with Gasteiger partial charge in [-0.1, -0.05) is 97.1 Å². The van der Waals surface area contributed by atoms with E-state index in [-0.39, 0.29) is 0 Å². The molecule has 0 radical (unpaired) electrons. The SMILES string of the molecule is Cc1cncc(-c2ccc(-c3c4ccccc4c(-c4ccc(-c5cccnc5)cc4C)c4ccccc34)cc2)c1. The fourth-order valence-corrected chi connectivity index (χ4v) is 5.93. The molecule has 0 atom stereocenters. The monoisotopic (exact) mass is 512 g/mol. The molecule has 0 saturated heterocycles. The molecule has 2 heterocycles. The van der Waals surface area contributed by atoms with Crippen molar-refractivity contribution in [2.75, 3.05) is 0 Å². The van der Waals surface area contributed by atoms with Gasteiger partial charge in [0.2, 0.25) is 0 Å². The predicted molar refractivity (Wildman–Crippen MR) is 168 cm³/mol. The molecule has 0 unspecified atom stereocenters. The lowest BCUT2D eigenvalue weighted by Crippen LogP contribution is -1.93. The van der Waals surface area contributed by atoms with Crippen LogP contribution in [-0.2, 0) is 0 Å². The Balaban J connectivity index is 1.44. The maximum atomic E-state index is 4.39. The molecule has 2 heteroatoms. The van der Waals surface area contributed by atoms with Gasteiger partial charge in [0.25, 0.3) is 0 Å². The number of rotatable bonds is 4. The zero-order chi connectivity index (χ0) is 27.1. The van der Waals surface area contributed by atoms with Gasteiger partial charge < -0.3 is 0 Å². The lowest BCUT2D eigenvalue weighted by molar-refractivity contribution is 1.27. The highest BCUT2D eigenvalue weighted by molar-refractivity contribution is 6.21. The molecular weight excluding hydrogens is 484 g/mol. The van der Waals surface area contributed by atoms with Crippen LogP contribution >= 0.6 is 0 Å². The normalized spacial score (nSPS) is 11.2. The Morgan fingerprint density at radius 2 is 1.02 bits per heavy atom. The molecule has 2 nitrogen and oxygen atoms in total. The first-order chi connectivity index (χ1) is 19.7. The summed E-state index contributed by atoms with van der Waals surface area (Å²) in [5, 5.41) is 5.05. The molecule has 0 aliphatic carbocycles. The summed E-state index contributed by atoms with van der Waals surface area (Å²) in [7, 11) is 0. The minimum absolute atomic E-state index is 1.13. The Morgan fingerprint density at radius 3 is 1.62 bits per heavy atom. The van der Waals surface area contributed by atoms with Gasteiger partial charge in [-0.25, -0.2) is 0 Å². The van der Waals surface area contributed by atoms with E-state index in [0.717, 1.165) is 16.7 Å². The second kappa shape index (κ2) is 9.91. The topological polar surface area (TPSA) is 25.8 Å². The van der Waals surface area contributed by atoms with Crippen LogP contribution < -0.4 is 0 Å². The van der Waals surface area contributed by atoms with E-state index in [0.29, 0.717) is 0 Å². The van der Waals surface area contributed by atoms with Crippen molar-refractivity contribution in [3.8, 4) is 44.5 Å². The van der Waals surface area contributed by atoms with Crippen molar-refractivity contribution in [2.24, 2.45) is 0 Å². The molecule has 0 bridgehead atoms. The summed E-state index contributed by atoms with van der Waals surface area (Å²) in [6, 6.07) is 39.6. The minimum atomic E-state index is 1.13. The maximum absolute atomic E-state index is 4.39. The van der Waals surface area contributed by atoms with Crippen LogP contribution in [0.4, 0.5) is 0 Å². The summed E-state index contributed by atoms with van der Waals surface area (Å²) in [5.41, 5.74) is 12.1. The van der Waals surface area contributed by atoms with E-state index >= 15 is 0 Å². The Labute approximate surface area is 234 Å². The molecule has 0 spiro atoms. The molecule has 2 aromatic heterocycles. The average Bonchev–Trinajstić information content (AvgIpc) is 3.01. The average molecular weight is 513 g/mol. The molecule has 5 aromatic carbocycles. The third-order valence-electron chi connectivity index (χ3n) is 7.80. The fraction of sp³-hybridized carbons (Fsp3) is 0.0526. The maximum Gasteiger partial charge on any atom is 0.0346 e. The van der Waals surface area contributed by atoms with Crippen molar-refractivity contribution in [3.63, 3.8) is 0 Å². The van der Waals surface area contributed by atoms with Gasteiger partial charge in [0, 0.05) is 30.4 Å². The number of fused-ring (bicyclic) bond motifs is 2. The first-order valence-corrected chi connectivity index (χ1v) is 13.6. The van der Waals surface area contributed by atoms with Crippen molar-refractivity contribution >= 4 is 21.5 Å². The lowest BCUT2D eigenvalue weighted by Gasteiger charge is -2.19. The second-order valence-corrected chi connectivity index (χ2v) is 10.4. The zero-order valence-electron chi connectivity index (χ0n) is 22.6. The van der Waals surface area contributed by atoms with Crippen LogP contribution in [-0.4, -0.2) is 9.97 Å². The Kier molecular flexibility index (Phi) is 5.94. The van der Waals surface area contributed by atoms with E-state index < -0.39 is 0 Å². The third-order valence-corrected chi connectivity index (χ3v) is 7.80. The predicted octanol–water partition coefficient (Wildman–Crippen LogP) is 10.1. The van der Waals surface area contributed by atoms with E-state index in [9.17, 15) is 0 Å². The molecule has 7 aromatic rings. The van der Waals surface area contributed by atoms with Gasteiger partial charge in [0.05, 0.1) is 0 Å². The van der Waals surface area contributed by atoms with Gasteiger partial charge in [-0.05, 0) is 97.6 Å². The van der Waals surface area contributed by atoms with Crippen LogP contribution in [0.2, 0.25) is 0 Å². The van der Waals surface area contributed by atoms with Gasteiger partial charge in [-0.15, -0.1) is 0 Å². The van der Waals surface area contributed by atoms with E-state index in [2.05, 4.69) is 127 Å². The number of benzene rings is 5. The van der Waals surface area contributed by atoms with Gasteiger partial charge in [-0.3, -0.25) is 9.97 Å². The van der Waals surface area contributed by atoms with Crippen LogP contribution in [0, 0.1) is 13.8 Å². The summed E-state index contributed by atoms with van der Waals surface area (Å²) in [6.07, 6.45) is 7.57. The van der Waals surface area contributed by atoms with Crippen LogP contribution in [0.3, 0.4) is 0 Å². The largest absolute Gasteiger partial charge is 0.264 e. The first-order valence-electron chi connectivity index (χ1n) is 13.6. The van der Waals surface area contributed by atoms with E-state index in [4.69, 9.17) is 0 Å². The summed E-state index contributed by atoms with van der Waals surface area (Å²) in [4.78, 5) is 8.70. The highest BCUT2D eigenvalue weighted by Gasteiger charge is 2.18. The molecule has 0 aliphatic rings. The minimum Gasteiger partial charge on any atom is -0.264 e. The van der Waals surface area contributed by atoms with Crippen molar-refractivity contribution in [1.29, 1.82) is 0 Å². The molecule has 0 aliphatic heterocycles. The van der Waals surface area contributed by atoms with Crippen LogP contribution in [0.25, 0.3) is 66.1 Å². The molecule has 190 valence electrons. The van der Waals surface area contributed by atoms with Crippen LogP contribution in [0.1, 0.15) is 11.1 Å². The van der Waals surface area contributed by atoms with E-state index in [1.165, 1.54) is 60.5 Å². The Bertz CT molecular complexity index is 1950. The molecule has 0 amide bonds. The first kappa shape index (κ1) is 24.0. The van der Waals surface area contributed by atoms with E-state index in [1.54, 1.807) is 0 Å². The summed E-state index contributed by atoms with van der Waals surface area (Å²) in [5.74, 6) is 0. The number of nitrogens with zero attached hydrogens (tertiary/aromatic N) is 2. The Hall–Kier alpha value is -5.08. The standard InChI is InChI=1S/C38H28N2/c1-25-20-31(24-40-22-25)27-13-15-28(16-14-27)37-33-9-3-5-11-35(33)38(36-12-6-4-10-34(36)37)32-18-17-29(21-26(32)2)30-8-7-19-39-23-30/h3-24H,1-2H3. The van der Waals surface area contributed by atoms with Gasteiger partial charge in [0.15, 0.2) is 0 Å². The Morgan fingerprint density at radius 1 is 0.425 bits per heavy atom. The summed E-state index contributed by atoms with van der Waals surface area (Å²) >= 11 is 0. The number of aromatic nitrogens is 2.